The highest BCUT2D eigenvalue weighted by Gasteiger charge is 2.23. The Kier molecular flexibility index (Phi) is 5.18. The van der Waals surface area contributed by atoms with Gasteiger partial charge in [-0.15, -0.1) is 0 Å². The fourth-order valence-electron chi connectivity index (χ4n) is 3.10. The Balaban J connectivity index is 1.57. The first kappa shape index (κ1) is 16.6. The van der Waals surface area contributed by atoms with Gasteiger partial charge in [0.25, 0.3) is 5.91 Å². The van der Waals surface area contributed by atoms with Crippen molar-refractivity contribution < 1.29 is 18.7 Å². The van der Waals surface area contributed by atoms with Crippen LogP contribution in [0.15, 0.2) is 34.7 Å². The Morgan fingerprint density at radius 3 is 2.58 bits per heavy atom. The molecule has 1 aliphatic carbocycles. The Bertz CT molecular complexity index is 680. The van der Waals surface area contributed by atoms with Crippen LogP contribution >= 0.6 is 0 Å². The third-order valence-electron chi connectivity index (χ3n) is 4.48. The Labute approximate surface area is 141 Å². The zero-order valence-electron chi connectivity index (χ0n) is 13.9. The fraction of sp³-hybridized carbons (Fsp3) is 0.474. The highest BCUT2D eigenvalue weighted by Crippen LogP contribution is 2.20. The molecule has 2 aromatic rings. The number of esters is 1. The summed E-state index contributed by atoms with van der Waals surface area (Å²) in [6.07, 6.45) is 5.88. The molecule has 1 atom stereocenters. The summed E-state index contributed by atoms with van der Waals surface area (Å²) >= 11 is 0. The normalized spacial score (nSPS) is 17.2. The summed E-state index contributed by atoms with van der Waals surface area (Å²) in [5.41, 5.74) is 0.625. The number of carbonyl (C=O) groups excluding carboxylic acids is 2. The smallest absolute Gasteiger partial charge is 0.375 e. The molecule has 0 bridgehead atoms. The molecule has 1 fully saturated rings. The highest BCUT2D eigenvalue weighted by atomic mass is 16.6. The van der Waals surface area contributed by atoms with Crippen LogP contribution in [-0.2, 0) is 9.53 Å². The van der Waals surface area contributed by atoms with E-state index >= 15 is 0 Å². The van der Waals surface area contributed by atoms with Crippen LogP contribution in [-0.4, -0.2) is 24.0 Å². The molecule has 1 amide bonds. The topological polar surface area (TPSA) is 68.5 Å². The highest BCUT2D eigenvalue weighted by molar-refractivity contribution is 5.94. The Morgan fingerprint density at radius 2 is 1.88 bits per heavy atom. The van der Waals surface area contributed by atoms with E-state index in [4.69, 9.17) is 9.15 Å². The van der Waals surface area contributed by atoms with Gasteiger partial charge < -0.3 is 14.5 Å². The van der Waals surface area contributed by atoms with E-state index in [0.717, 1.165) is 31.1 Å². The molecule has 0 radical (unpaired) electrons. The van der Waals surface area contributed by atoms with Crippen LogP contribution < -0.4 is 5.32 Å². The molecule has 1 aromatic heterocycles. The molecule has 1 aromatic carbocycles. The van der Waals surface area contributed by atoms with Gasteiger partial charge in [0.15, 0.2) is 6.10 Å². The summed E-state index contributed by atoms with van der Waals surface area (Å²) in [5, 5.41) is 3.83. The van der Waals surface area contributed by atoms with E-state index in [1.807, 2.05) is 18.2 Å². The second-order valence-corrected chi connectivity index (χ2v) is 6.39. The van der Waals surface area contributed by atoms with Crippen molar-refractivity contribution in [3.63, 3.8) is 0 Å². The van der Waals surface area contributed by atoms with Crippen molar-refractivity contribution in [1.82, 2.24) is 5.32 Å². The average molecular weight is 329 g/mol. The number of amides is 1. The second kappa shape index (κ2) is 7.51. The molecule has 128 valence electrons. The minimum Gasteiger partial charge on any atom is -0.449 e. The predicted octanol–water partition coefficient (Wildman–Crippen LogP) is 3.82. The van der Waals surface area contributed by atoms with Gasteiger partial charge in [-0.25, -0.2) is 4.79 Å². The van der Waals surface area contributed by atoms with Gasteiger partial charge in [-0.1, -0.05) is 43.9 Å². The molecule has 0 unspecified atom stereocenters. The summed E-state index contributed by atoms with van der Waals surface area (Å²) < 4.78 is 10.7. The van der Waals surface area contributed by atoms with E-state index in [2.05, 4.69) is 5.32 Å². The first-order valence-electron chi connectivity index (χ1n) is 8.63. The summed E-state index contributed by atoms with van der Waals surface area (Å²) in [6, 6.07) is 9.17. The molecule has 1 aliphatic rings. The standard InChI is InChI=1S/C19H23NO4/c1-13(18(21)20-15-9-4-2-3-5-10-15)23-19(22)17-12-14-8-6-7-11-16(14)24-17/h6-8,11-13,15H,2-5,9-10H2,1H3,(H,20,21)/t13-/m1/s1. The maximum Gasteiger partial charge on any atom is 0.375 e. The summed E-state index contributed by atoms with van der Waals surface area (Å²) in [5.74, 6) is -0.744. The number of rotatable bonds is 4. The number of hydrogen-bond acceptors (Lipinski definition) is 4. The number of fused-ring (bicyclic) bond motifs is 1. The molecule has 24 heavy (non-hydrogen) atoms. The van der Waals surface area contributed by atoms with E-state index < -0.39 is 12.1 Å². The average Bonchev–Trinajstić information content (AvgIpc) is 2.85. The van der Waals surface area contributed by atoms with E-state index in [9.17, 15) is 9.59 Å². The number of benzene rings is 1. The van der Waals surface area contributed by atoms with Crippen LogP contribution in [0.2, 0.25) is 0 Å². The summed E-state index contributed by atoms with van der Waals surface area (Å²) in [7, 11) is 0. The van der Waals surface area contributed by atoms with Crippen LogP contribution in [0, 0.1) is 0 Å². The van der Waals surface area contributed by atoms with Crippen LogP contribution in [0.3, 0.4) is 0 Å². The largest absolute Gasteiger partial charge is 0.449 e. The molecular weight excluding hydrogens is 306 g/mol. The lowest BCUT2D eigenvalue weighted by Crippen LogP contribution is -2.41. The van der Waals surface area contributed by atoms with E-state index in [-0.39, 0.29) is 17.7 Å². The number of furan rings is 1. The van der Waals surface area contributed by atoms with Gasteiger partial charge >= 0.3 is 5.97 Å². The number of nitrogens with one attached hydrogen (secondary N) is 1. The van der Waals surface area contributed by atoms with Gasteiger partial charge in [-0.3, -0.25) is 4.79 Å². The lowest BCUT2D eigenvalue weighted by Gasteiger charge is -2.19. The molecule has 1 N–H and O–H groups in total. The third kappa shape index (κ3) is 3.96. The van der Waals surface area contributed by atoms with E-state index in [1.165, 1.54) is 12.8 Å². The summed E-state index contributed by atoms with van der Waals surface area (Å²) in [6.45, 7) is 1.59. The van der Waals surface area contributed by atoms with E-state index in [1.54, 1.807) is 19.1 Å². The zero-order valence-corrected chi connectivity index (χ0v) is 13.9. The first-order chi connectivity index (χ1) is 11.6. The van der Waals surface area contributed by atoms with Gasteiger partial charge in [-0.05, 0) is 31.9 Å². The van der Waals surface area contributed by atoms with Crippen LogP contribution in [0.1, 0.15) is 56.0 Å². The fourth-order valence-corrected chi connectivity index (χ4v) is 3.10. The van der Waals surface area contributed by atoms with Crippen molar-refractivity contribution in [1.29, 1.82) is 0 Å². The molecule has 5 heteroatoms. The lowest BCUT2D eigenvalue weighted by atomic mass is 10.1. The molecule has 0 aliphatic heterocycles. The second-order valence-electron chi connectivity index (χ2n) is 6.39. The molecule has 1 heterocycles. The van der Waals surface area contributed by atoms with Crippen molar-refractivity contribution in [2.24, 2.45) is 0 Å². The van der Waals surface area contributed by atoms with Crippen LogP contribution in [0.5, 0.6) is 0 Å². The molecule has 0 spiro atoms. The number of hydrogen-bond donors (Lipinski definition) is 1. The van der Waals surface area contributed by atoms with Crippen molar-refractivity contribution >= 4 is 22.8 Å². The Morgan fingerprint density at radius 1 is 1.17 bits per heavy atom. The van der Waals surface area contributed by atoms with Gasteiger partial charge in [0.05, 0.1) is 0 Å². The molecule has 0 saturated heterocycles. The molecule has 1 saturated carbocycles. The minimum absolute atomic E-state index is 0.116. The lowest BCUT2D eigenvalue weighted by molar-refractivity contribution is -0.130. The van der Waals surface area contributed by atoms with Crippen molar-refractivity contribution in [2.75, 3.05) is 0 Å². The zero-order chi connectivity index (χ0) is 16.9. The number of ether oxygens (including phenoxy) is 1. The van der Waals surface area contributed by atoms with Crippen molar-refractivity contribution in [3.05, 3.63) is 36.1 Å². The SMILES string of the molecule is C[C@@H](OC(=O)c1cc2ccccc2o1)C(=O)NC1CCCCCC1. The van der Waals surface area contributed by atoms with Gasteiger partial charge in [0.2, 0.25) is 5.76 Å². The van der Waals surface area contributed by atoms with Gasteiger partial charge in [0.1, 0.15) is 5.58 Å². The predicted molar refractivity (Wildman–Crippen MR) is 90.7 cm³/mol. The van der Waals surface area contributed by atoms with Crippen LogP contribution in [0.25, 0.3) is 11.0 Å². The summed E-state index contributed by atoms with van der Waals surface area (Å²) in [4.78, 5) is 24.4. The number of carbonyl (C=O) groups is 2. The quantitative estimate of drug-likeness (QED) is 0.684. The monoisotopic (exact) mass is 329 g/mol. The van der Waals surface area contributed by atoms with Gasteiger partial charge in [0, 0.05) is 11.4 Å². The van der Waals surface area contributed by atoms with Crippen molar-refractivity contribution in [3.8, 4) is 0 Å². The first-order valence-corrected chi connectivity index (χ1v) is 8.63. The number of para-hydroxylation sites is 1. The van der Waals surface area contributed by atoms with Crippen LogP contribution in [0.4, 0.5) is 0 Å². The van der Waals surface area contributed by atoms with Gasteiger partial charge in [-0.2, -0.15) is 0 Å². The maximum absolute atomic E-state index is 12.2. The Hall–Kier alpha value is -2.30. The molecular formula is C19H23NO4. The van der Waals surface area contributed by atoms with E-state index in [0.29, 0.717) is 5.58 Å². The van der Waals surface area contributed by atoms with Crippen molar-refractivity contribution in [2.45, 2.75) is 57.6 Å². The minimum atomic E-state index is -0.839. The third-order valence-corrected chi connectivity index (χ3v) is 4.48. The molecule has 5 nitrogen and oxygen atoms in total. The molecule has 3 rings (SSSR count). The maximum atomic E-state index is 12.2.